The van der Waals surface area contributed by atoms with Gasteiger partial charge in [-0.3, -0.25) is 4.68 Å². The molecule has 1 saturated heterocycles. The highest BCUT2D eigenvalue weighted by Gasteiger charge is 2.32. The van der Waals surface area contributed by atoms with Gasteiger partial charge < -0.3 is 4.74 Å². The normalized spacial score (nSPS) is 19.4. The van der Waals surface area contributed by atoms with Gasteiger partial charge in [0.2, 0.25) is 10.0 Å². The minimum atomic E-state index is -3.58. The fourth-order valence-corrected chi connectivity index (χ4v) is 4.88. The van der Waals surface area contributed by atoms with Gasteiger partial charge in [0.05, 0.1) is 22.7 Å². The second-order valence-electron chi connectivity index (χ2n) is 5.91. The van der Waals surface area contributed by atoms with Crippen LogP contribution in [0, 0.1) is 0 Å². The number of hydrogen-bond donors (Lipinski definition) is 0. The van der Waals surface area contributed by atoms with Gasteiger partial charge in [-0.1, -0.05) is 11.6 Å². The molecule has 1 aliphatic rings. The summed E-state index contributed by atoms with van der Waals surface area (Å²) in [5, 5.41) is 4.71. The summed E-state index contributed by atoms with van der Waals surface area (Å²) >= 11 is 6.08. The van der Waals surface area contributed by atoms with Crippen LogP contribution in [0.3, 0.4) is 0 Å². The number of methoxy groups -OCH3 is 1. The lowest BCUT2D eigenvalue weighted by Gasteiger charge is -2.31. The van der Waals surface area contributed by atoms with E-state index < -0.39 is 10.0 Å². The number of piperidine rings is 1. The summed E-state index contributed by atoms with van der Waals surface area (Å²) in [6.45, 7) is 0.943. The molecule has 1 aromatic carbocycles. The third-order valence-corrected chi connectivity index (χ3v) is 6.45. The van der Waals surface area contributed by atoms with Crippen LogP contribution in [0.25, 0.3) is 0 Å². The van der Waals surface area contributed by atoms with E-state index in [0.29, 0.717) is 18.8 Å². The summed E-state index contributed by atoms with van der Waals surface area (Å²) < 4.78 is 34.2. The molecule has 2 aromatic rings. The van der Waals surface area contributed by atoms with Crippen molar-refractivity contribution in [1.29, 1.82) is 0 Å². The Balaban J connectivity index is 1.85. The summed E-state index contributed by atoms with van der Waals surface area (Å²) in [4.78, 5) is 0.190. The monoisotopic (exact) mass is 369 g/mol. The number of halogens is 1. The maximum Gasteiger partial charge on any atom is 0.243 e. The van der Waals surface area contributed by atoms with E-state index in [1.807, 2.05) is 19.3 Å². The zero-order valence-corrected chi connectivity index (χ0v) is 15.2. The lowest BCUT2D eigenvalue weighted by Crippen LogP contribution is -2.39. The first-order valence-electron chi connectivity index (χ1n) is 7.75. The predicted octanol–water partition coefficient (Wildman–Crippen LogP) is 2.65. The van der Waals surface area contributed by atoms with Gasteiger partial charge in [0.15, 0.2) is 0 Å². The molecule has 0 N–H and O–H groups in total. The number of sulfonamides is 1. The third kappa shape index (κ3) is 3.29. The number of aromatic nitrogens is 2. The molecular weight excluding hydrogens is 350 g/mol. The topological polar surface area (TPSA) is 64.4 Å². The van der Waals surface area contributed by atoms with Crippen molar-refractivity contribution in [2.24, 2.45) is 7.05 Å². The molecule has 130 valence electrons. The Morgan fingerprint density at radius 3 is 2.75 bits per heavy atom. The number of aryl methyl sites for hydroxylation is 1. The number of hydrogen-bond acceptors (Lipinski definition) is 4. The molecule has 2 heterocycles. The second kappa shape index (κ2) is 6.74. The smallest absolute Gasteiger partial charge is 0.243 e. The summed E-state index contributed by atoms with van der Waals surface area (Å²) in [6.07, 6.45) is 3.63. The van der Waals surface area contributed by atoms with E-state index in [2.05, 4.69) is 5.10 Å². The first kappa shape index (κ1) is 17.3. The number of rotatable bonds is 4. The minimum absolute atomic E-state index is 0.114. The van der Waals surface area contributed by atoms with E-state index in [4.69, 9.17) is 16.3 Å². The molecule has 6 nitrogen and oxygen atoms in total. The van der Waals surface area contributed by atoms with Crippen molar-refractivity contribution in [2.75, 3.05) is 20.2 Å². The van der Waals surface area contributed by atoms with Gasteiger partial charge in [0.25, 0.3) is 0 Å². The highest BCUT2D eigenvalue weighted by Crippen LogP contribution is 2.32. The molecule has 24 heavy (non-hydrogen) atoms. The van der Waals surface area contributed by atoms with Crippen LogP contribution in [0.5, 0.6) is 5.75 Å². The van der Waals surface area contributed by atoms with Crippen molar-refractivity contribution in [3.05, 3.63) is 41.2 Å². The molecule has 3 rings (SSSR count). The molecule has 1 atom stereocenters. The minimum Gasteiger partial charge on any atom is -0.495 e. The predicted molar refractivity (Wildman–Crippen MR) is 91.9 cm³/mol. The second-order valence-corrected chi connectivity index (χ2v) is 8.26. The Hall–Kier alpha value is -1.57. The fraction of sp³-hybridized carbons (Fsp3) is 0.438. The maximum atomic E-state index is 12.9. The Labute approximate surface area is 147 Å². The van der Waals surface area contributed by atoms with Crippen molar-refractivity contribution in [1.82, 2.24) is 14.1 Å². The molecule has 0 aliphatic carbocycles. The van der Waals surface area contributed by atoms with Crippen molar-refractivity contribution in [3.63, 3.8) is 0 Å². The van der Waals surface area contributed by atoms with Crippen molar-refractivity contribution in [3.8, 4) is 5.75 Å². The average Bonchev–Trinajstić information content (AvgIpc) is 3.01. The molecule has 0 bridgehead atoms. The van der Waals surface area contributed by atoms with Crippen LogP contribution in [0.15, 0.2) is 35.4 Å². The number of benzene rings is 1. The van der Waals surface area contributed by atoms with E-state index in [9.17, 15) is 8.42 Å². The maximum absolute atomic E-state index is 12.9. The van der Waals surface area contributed by atoms with Crippen molar-refractivity contribution < 1.29 is 13.2 Å². The van der Waals surface area contributed by atoms with Gasteiger partial charge in [0, 0.05) is 32.3 Å². The summed E-state index contributed by atoms with van der Waals surface area (Å²) in [6, 6.07) is 6.50. The van der Waals surface area contributed by atoms with Gasteiger partial charge in [-0.05, 0) is 37.1 Å². The molecule has 8 heteroatoms. The summed E-state index contributed by atoms with van der Waals surface area (Å²) in [7, 11) is -0.226. The first-order valence-corrected chi connectivity index (χ1v) is 9.57. The fourth-order valence-electron chi connectivity index (χ4n) is 3.01. The Morgan fingerprint density at radius 1 is 1.33 bits per heavy atom. The third-order valence-electron chi connectivity index (χ3n) is 4.30. The molecule has 1 fully saturated rings. The molecule has 0 spiro atoms. The largest absolute Gasteiger partial charge is 0.495 e. The van der Waals surface area contributed by atoms with Crippen LogP contribution < -0.4 is 4.74 Å². The summed E-state index contributed by atoms with van der Waals surface area (Å²) in [5.41, 5.74) is 0.935. The Bertz CT molecular complexity index is 835. The van der Waals surface area contributed by atoms with Crippen LogP contribution in [0.2, 0.25) is 5.02 Å². The van der Waals surface area contributed by atoms with Crippen LogP contribution in [-0.2, 0) is 17.1 Å². The van der Waals surface area contributed by atoms with Gasteiger partial charge in [-0.15, -0.1) is 0 Å². The Kier molecular flexibility index (Phi) is 4.85. The van der Waals surface area contributed by atoms with E-state index in [-0.39, 0.29) is 15.8 Å². The number of nitrogens with zero attached hydrogens (tertiary/aromatic N) is 3. The average molecular weight is 370 g/mol. The lowest BCUT2D eigenvalue weighted by atomic mass is 9.96. The molecule has 1 aliphatic heterocycles. The summed E-state index contributed by atoms with van der Waals surface area (Å²) in [5.74, 6) is 0.573. The quantitative estimate of drug-likeness (QED) is 0.831. The lowest BCUT2D eigenvalue weighted by molar-refractivity contribution is 0.312. The molecule has 1 unspecified atom stereocenters. The van der Waals surface area contributed by atoms with Crippen LogP contribution in [-0.4, -0.2) is 42.7 Å². The highest BCUT2D eigenvalue weighted by molar-refractivity contribution is 7.89. The molecule has 0 saturated carbocycles. The molecular formula is C16H20ClN3O3S. The van der Waals surface area contributed by atoms with Crippen LogP contribution in [0.1, 0.15) is 24.5 Å². The molecule has 0 amide bonds. The highest BCUT2D eigenvalue weighted by atomic mass is 35.5. The first-order chi connectivity index (χ1) is 11.4. The van der Waals surface area contributed by atoms with Crippen molar-refractivity contribution >= 4 is 21.6 Å². The van der Waals surface area contributed by atoms with E-state index in [1.165, 1.54) is 23.5 Å². The van der Waals surface area contributed by atoms with Gasteiger partial charge in [0.1, 0.15) is 5.75 Å². The Morgan fingerprint density at radius 2 is 2.12 bits per heavy atom. The zero-order chi connectivity index (χ0) is 17.3. The van der Waals surface area contributed by atoms with Crippen LogP contribution >= 0.6 is 11.6 Å². The van der Waals surface area contributed by atoms with E-state index in [1.54, 1.807) is 10.7 Å². The van der Waals surface area contributed by atoms with Gasteiger partial charge >= 0.3 is 0 Å². The van der Waals surface area contributed by atoms with Gasteiger partial charge in [-0.2, -0.15) is 9.40 Å². The molecule has 1 aromatic heterocycles. The van der Waals surface area contributed by atoms with Gasteiger partial charge in [-0.25, -0.2) is 8.42 Å². The van der Waals surface area contributed by atoms with Crippen molar-refractivity contribution in [2.45, 2.75) is 23.7 Å². The van der Waals surface area contributed by atoms with Crippen LogP contribution in [0.4, 0.5) is 0 Å². The molecule has 0 radical (unpaired) electrons. The standard InChI is InChI=1S/C16H20ClN3O3S/c1-19-9-7-15(18-19)12-4-3-8-20(11-12)24(21,22)13-5-6-16(23-2)14(17)10-13/h5-7,9-10,12H,3-4,8,11H2,1-2H3. The number of ether oxygens (including phenoxy) is 1. The zero-order valence-electron chi connectivity index (χ0n) is 13.6. The SMILES string of the molecule is COc1ccc(S(=O)(=O)N2CCCC(c3ccn(C)n3)C2)cc1Cl. The van der Waals surface area contributed by atoms with E-state index in [0.717, 1.165) is 18.5 Å². The van der Waals surface area contributed by atoms with E-state index >= 15 is 0 Å².